The predicted octanol–water partition coefficient (Wildman–Crippen LogP) is 1.81. The summed E-state index contributed by atoms with van der Waals surface area (Å²) in [7, 11) is 0. The van der Waals surface area contributed by atoms with E-state index in [4.69, 9.17) is 16.3 Å². The second-order valence-corrected chi connectivity index (χ2v) is 4.21. The van der Waals surface area contributed by atoms with Gasteiger partial charge in [-0.25, -0.2) is 9.78 Å². The summed E-state index contributed by atoms with van der Waals surface area (Å²) in [5, 5.41) is 2.99. The fourth-order valence-electron chi connectivity index (χ4n) is 1.13. The number of hydrogen-bond acceptors (Lipinski definition) is 4. The first kappa shape index (κ1) is 14.4. The van der Waals surface area contributed by atoms with Gasteiger partial charge in [0, 0.05) is 12.2 Å². The largest absolute Gasteiger partial charge is 0.452 e. The van der Waals surface area contributed by atoms with Crippen molar-refractivity contribution in [2.75, 3.05) is 6.61 Å². The van der Waals surface area contributed by atoms with E-state index in [0.717, 1.165) is 6.42 Å². The van der Waals surface area contributed by atoms with Gasteiger partial charge in [-0.15, -0.1) is 0 Å². The van der Waals surface area contributed by atoms with E-state index in [0.29, 0.717) is 5.15 Å². The zero-order valence-corrected chi connectivity index (χ0v) is 11.0. The molecule has 1 aromatic rings. The molecule has 1 aromatic heterocycles. The lowest BCUT2D eigenvalue weighted by atomic mass is 10.2. The minimum absolute atomic E-state index is 0.0633. The van der Waals surface area contributed by atoms with Gasteiger partial charge in [-0.1, -0.05) is 18.5 Å². The molecule has 0 saturated heterocycles. The van der Waals surface area contributed by atoms with Crippen LogP contribution in [0.25, 0.3) is 0 Å². The molecule has 1 N–H and O–H groups in total. The first-order valence-electron chi connectivity index (χ1n) is 5.61. The number of nitrogens with zero attached hydrogens (tertiary/aromatic N) is 1. The summed E-state index contributed by atoms with van der Waals surface area (Å²) in [6.07, 6.45) is 2.12. The quantitative estimate of drug-likeness (QED) is 0.654. The normalized spacial score (nSPS) is 11.7. The number of hydrogen-bond donors (Lipinski definition) is 1. The predicted molar refractivity (Wildman–Crippen MR) is 67.4 cm³/mol. The number of esters is 1. The summed E-state index contributed by atoms with van der Waals surface area (Å²) >= 11 is 5.59. The van der Waals surface area contributed by atoms with Crippen molar-refractivity contribution in [1.29, 1.82) is 0 Å². The number of amides is 1. The van der Waals surface area contributed by atoms with Crippen LogP contribution in [0.3, 0.4) is 0 Å². The molecule has 1 atom stereocenters. The van der Waals surface area contributed by atoms with Gasteiger partial charge in [0.1, 0.15) is 5.15 Å². The lowest BCUT2D eigenvalue weighted by molar-refractivity contribution is -0.124. The number of pyridine rings is 1. The number of ether oxygens (including phenoxy) is 1. The molecular formula is C12H15ClN2O3. The first-order valence-corrected chi connectivity index (χ1v) is 5.98. The van der Waals surface area contributed by atoms with E-state index in [1.54, 1.807) is 0 Å². The number of carbonyl (C=O) groups is 2. The van der Waals surface area contributed by atoms with Gasteiger partial charge in [-0.05, 0) is 25.5 Å². The maximum atomic E-state index is 11.5. The van der Waals surface area contributed by atoms with E-state index in [1.165, 1.54) is 18.3 Å². The molecule has 0 spiro atoms. The van der Waals surface area contributed by atoms with Gasteiger partial charge >= 0.3 is 5.97 Å². The molecule has 0 aliphatic rings. The monoisotopic (exact) mass is 270 g/mol. The standard InChI is InChI=1S/C12H15ClN2O3/c1-3-8(2)15-11(16)7-18-12(17)9-4-5-10(13)14-6-9/h4-6,8H,3,7H2,1-2H3,(H,15,16)/t8-/m1/s1. The maximum Gasteiger partial charge on any atom is 0.340 e. The van der Waals surface area contributed by atoms with Gasteiger partial charge in [-0.2, -0.15) is 0 Å². The molecule has 0 saturated carbocycles. The van der Waals surface area contributed by atoms with E-state index in [2.05, 4.69) is 10.3 Å². The molecule has 0 aromatic carbocycles. The Morgan fingerprint density at radius 2 is 2.22 bits per heavy atom. The maximum absolute atomic E-state index is 11.5. The summed E-state index contributed by atoms with van der Waals surface area (Å²) < 4.78 is 4.84. The van der Waals surface area contributed by atoms with Crippen LogP contribution in [-0.4, -0.2) is 29.5 Å². The SMILES string of the molecule is CC[C@@H](C)NC(=O)COC(=O)c1ccc(Cl)nc1. The summed E-state index contributed by atoms with van der Waals surface area (Å²) in [6, 6.07) is 3.04. The van der Waals surface area contributed by atoms with Crippen LogP contribution in [0.5, 0.6) is 0 Å². The zero-order valence-electron chi connectivity index (χ0n) is 10.3. The number of nitrogens with one attached hydrogen (secondary N) is 1. The minimum atomic E-state index is -0.599. The first-order chi connectivity index (χ1) is 8.52. The Morgan fingerprint density at radius 1 is 1.50 bits per heavy atom. The van der Waals surface area contributed by atoms with Gasteiger partial charge in [-0.3, -0.25) is 4.79 Å². The van der Waals surface area contributed by atoms with Crippen molar-refractivity contribution in [2.24, 2.45) is 0 Å². The Bertz CT molecular complexity index is 420. The highest BCUT2D eigenvalue weighted by atomic mass is 35.5. The van der Waals surface area contributed by atoms with E-state index < -0.39 is 5.97 Å². The average Bonchev–Trinajstić information content (AvgIpc) is 2.36. The average molecular weight is 271 g/mol. The van der Waals surface area contributed by atoms with E-state index in [9.17, 15) is 9.59 Å². The van der Waals surface area contributed by atoms with Crippen LogP contribution in [0.15, 0.2) is 18.3 Å². The molecule has 5 nitrogen and oxygen atoms in total. The van der Waals surface area contributed by atoms with Crippen LogP contribution in [0.2, 0.25) is 5.15 Å². The van der Waals surface area contributed by atoms with Crippen LogP contribution in [-0.2, 0) is 9.53 Å². The molecule has 6 heteroatoms. The van der Waals surface area contributed by atoms with Gasteiger partial charge in [0.25, 0.3) is 5.91 Å². The number of halogens is 1. The molecule has 0 fully saturated rings. The molecule has 0 unspecified atom stereocenters. The van der Waals surface area contributed by atoms with Crippen LogP contribution >= 0.6 is 11.6 Å². The van der Waals surface area contributed by atoms with Gasteiger partial charge in [0.2, 0.25) is 0 Å². The highest BCUT2D eigenvalue weighted by Gasteiger charge is 2.11. The van der Waals surface area contributed by atoms with Crippen molar-refractivity contribution in [3.8, 4) is 0 Å². The smallest absolute Gasteiger partial charge is 0.340 e. The molecule has 98 valence electrons. The lowest BCUT2D eigenvalue weighted by Gasteiger charge is -2.11. The van der Waals surface area contributed by atoms with E-state index in [-0.39, 0.29) is 24.1 Å². The highest BCUT2D eigenvalue weighted by Crippen LogP contribution is 2.06. The molecule has 0 aliphatic carbocycles. The summed E-state index contributed by atoms with van der Waals surface area (Å²) in [4.78, 5) is 26.7. The third-order valence-corrected chi connectivity index (χ3v) is 2.54. The van der Waals surface area contributed by atoms with Gasteiger partial charge in [0.15, 0.2) is 6.61 Å². The van der Waals surface area contributed by atoms with Gasteiger partial charge in [0.05, 0.1) is 5.56 Å². The van der Waals surface area contributed by atoms with Crippen molar-refractivity contribution in [2.45, 2.75) is 26.3 Å². The Morgan fingerprint density at radius 3 is 2.78 bits per heavy atom. The van der Waals surface area contributed by atoms with Gasteiger partial charge < -0.3 is 10.1 Å². The Kier molecular flexibility index (Phi) is 5.58. The van der Waals surface area contributed by atoms with Crippen molar-refractivity contribution in [3.63, 3.8) is 0 Å². The summed E-state index contributed by atoms with van der Waals surface area (Å²) in [5.74, 6) is -0.918. The van der Waals surface area contributed by atoms with Crippen LogP contribution in [0.4, 0.5) is 0 Å². The molecule has 1 rings (SSSR count). The summed E-state index contributed by atoms with van der Waals surface area (Å²) in [5.41, 5.74) is 0.260. The van der Waals surface area contributed by atoms with Crippen LogP contribution in [0, 0.1) is 0 Å². The van der Waals surface area contributed by atoms with E-state index >= 15 is 0 Å². The van der Waals surface area contributed by atoms with Crippen LogP contribution in [0.1, 0.15) is 30.6 Å². The fraction of sp³-hybridized carbons (Fsp3) is 0.417. The lowest BCUT2D eigenvalue weighted by Crippen LogP contribution is -2.35. The molecule has 1 heterocycles. The zero-order chi connectivity index (χ0) is 13.5. The molecular weight excluding hydrogens is 256 g/mol. The molecule has 1 amide bonds. The molecule has 18 heavy (non-hydrogen) atoms. The number of aromatic nitrogens is 1. The van der Waals surface area contributed by atoms with Crippen molar-refractivity contribution < 1.29 is 14.3 Å². The van der Waals surface area contributed by atoms with Crippen molar-refractivity contribution >= 4 is 23.5 Å². The number of carbonyl (C=O) groups excluding carboxylic acids is 2. The third-order valence-electron chi connectivity index (χ3n) is 2.32. The second-order valence-electron chi connectivity index (χ2n) is 3.82. The molecule has 0 radical (unpaired) electrons. The summed E-state index contributed by atoms with van der Waals surface area (Å²) in [6.45, 7) is 3.53. The Labute approximate surface area is 110 Å². The fourth-order valence-corrected chi connectivity index (χ4v) is 1.24. The number of rotatable bonds is 5. The molecule has 0 aliphatic heterocycles. The topological polar surface area (TPSA) is 68.3 Å². The minimum Gasteiger partial charge on any atom is -0.452 e. The van der Waals surface area contributed by atoms with E-state index in [1.807, 2.05) is 13.8 Å². The Balaban J connectivity index is 2.41. The Hall–Kier alpha value is -1.62. The molecule has 0 bridgehead atoms. The van der Waals surface area contributed by atoms with Crippen molar-refractivity contribution in [1.82, 2.24) is 10.3 Å². The second kappa shape index (κ2) is 6.96. The third kappa shape index (κ3) is 4.71. The van der Waals surface area contributed by atoms with Crippen molar-refractivity contribution in [3.05, 3.63) is 29.0 Å². The van der Waals surface area contributed by atoms with Crippen LogP contribution < -0.4 is 5.32 Å². The highest BCUT2D eigenvalue weighted by molar-refractivity contribution is 6.29.